The van der Waals surface area contributed by atoms with Gasteiger partial charge in [-0.15, -0.1) is 0 Å². The second-order valence-corrected chi connectivity index (χ2v) is 6.66. The fraction of sp³-hybridized carbons (Fsp3) is 0.706. The average molecular weight is 273 g/mol. The Morgan fingerprint density at radius 3 is 2.75 bits per heavy atom. The van der Waals surface area contributed by atoms with E-state index < -0.39 is 0 Å². The minimum atomic E-state index is 0.585. The van der Waals surface area contributed by atoms with E-state index in [-0.39, 0.29) is 0 Å². The summed E-state index contributed by atoms with van der Waals surface area (Å²) in [6.07, 6.45) is 7.21. The maximum atomic E-state index is 4.72. The van der Waals surface area contributed by atoms with Crippen molar-refractivity contribution >= 4 is 5.82 Å². The first kappa shape index (κ1) is 13.9. The summed E-state index contributed by atoms with van der Waals surface area (Å²) in [6.45, 7) is 9.46. The van der Waals surface area contributed by atoms with Gasteiger partial charge in [0.2, 0.25) is 0 Å². The number of hydrogen-bond donors (Lipinski definition) is 0. The smallest absolute Gasteiger partial charge is 0.133 e. The summed E-state index contributed by atoms with van der Waals surface area (Å²) in [7, 11) is 0. The lowest BCUT2D eigenvalue weighted by molar-refractivity contribution is 0.229. The van der Waals surface area contributed by atoms with Crippen molar-refractivity contribution in [2.75, 3.05) is 31.1 Å². The van der Waals surface area contributed by atoms with E-state index in [0.29, 0.717) is 6.04 Å². The van der Waals surface area contributed by atoms with Crippen molar-refractivity contribution in [3.63, 3.8) is 0 Å². The van der Waals surface area contributed by atoms with Crippen molar-refractivity contribution in [1.82, 2.24) is 9.88 Å². The topological polar surface area (TPSA) is 19.4 Å². The van der Waals surface area contributed by atoms with Gasteiger partial charge in [-0.2, -0.15) is 0 Å². The lowest BCUT2D eigenvalue weighted by Gasteiger charge is -2.29. The first-order valence-corrected chi connectivity index (χ1v) is 8.19. The summed E-state index contributed by atoms with van der Waals surface area (Å²) in [5, 5.41) is 0. The van der Waals surface area contributed by atoms with Crippen molar-refractivity contribution in [1.29, 1.82) is 0 Å². The second kappa shape index (κ2) is 6.13. The Hall–Kier alpha value is -1.09. The molecule has 0 saturated carbocycles. The van der Waals surface area contributed by atoms with Gasteiger partial charge in [0.15, 0.2) is 0 Å². The number of nitrogens with zero attached hydrogens (tertiary/aromatic N) is 3. The van der Waals surface area contributed by atoms with Crippen LogP contribution in [0.1, 0.15) is 51.1 Å². The second-order valence-electron chi connectivity index (χ2n) is 6.66. The number of pyridine rings is 1. The molecule has 3 rings (SSSR count). The van der Waals surface area contributed by atoms with Gasteiger partial charge in [-0.25, -0.2) is 4.98 Å². The molecule has 1 aromatic heterocycles. The normalized spacial score (nSPS) is 23.9. The summed E-state index contributed by atoms with van der Waals surface area (Å²) in [5.41, 5.74) is 1.47. The van der Waals surface area contributed by atoms with Gasteiger partial charge in [0, 0.05) is 37.4 Å². The zero-order valence-corrected chi connectivity index (χ0v) is 12.9. The van der Waals surface area contributed by atoms with Crippen molar-refractivity contribution in [2.45, 2.75) is 45.6 Å². The molecule has 3 heterocycles. The largest absolute Gasteiger partial charge is 0.356 e. The van der Waals surface area contributed by atoms with Crippen molar-refractivity contribution < 1.29 is 0 Å². The molecule has 2 fully saturated rings. The first-order chi connectivity index (χ1) is 9.75. The van der Waals surface area contributed by atoms with Crippen molar-refractivity contribution in [3.05, 3.63) is 23.9 Å². The SMILES string of the molecule is CC(C)CN1CCC[C@H]1c1cccnc1N1CCCC1. The minimum Gasteiger partial charge on any atom is -0.356 e. The molecule has 0 spiro atoms. The molecule has 20 heavy (non-hydrogen) atoms. The van der Waals surface area contributed by atoms with Crippen LogP contribution in [0.4, 0.5) is 5.82 Å². The Balaban J connectivity index is 1.85. The Morgan fingerprint density at radius 2 is 2.00 bits per heavy atom. The molecule has 0 amide bonds. The van der Waals surface area contributed by atoms with Crippen LogP contribution in [-0.2, 0) is 0 Å². The Kier molecular flexibility index (Phi) is 4.25. The predicted octanol–water partition coefficient (Wildman–Crippen LogP) is 3.47. The van der Waals surface area contributed by atoms with Crippen LogP contribution < -0.4 is 4.90 Å². The Morgan fingerprint density at radius 1 is 1.20 bits per heavy atom. The van der Waals surface area contributed by atoms with Gasteiger partial charge in [0.05, 0.1) is 0 Å². The molecule has 0 aliphatic carbocycles. The third-order valence-corrected chi connectivity index (χ3v) is 4.54. The van der Waals surface area contributed by atoms with Crippen LogP contribution >= 0.6 is 0 Å². The molecule has 3 nitrogen and oxygen atoms in total. The summed E-state index contributed by atoms with van der Waals surface area (Å²) in [5.74, 6) is 1.99. The van der Waals surface area contributed by atoms with Gasteiger partial charge in [0.1, 0.15) is 5.82 Å². The van der Waals surface area contributed by atoms with Gasteiger partial charge in [-0.1, -0.05) is 19.9 Å². The van der Waals surface area contributed by atoms with Crippen molar-refractivity contribution in [3.8, 4) is 0 Å². The molecule has 3 heteroatoms. The molecule has 2 aliphatic heterocycles. The molecule has 0 bridgehead atoms. The lowest BCUT2D eigenvalue weighted by Crippen LogP contribution is -2.29. The Labute approximate surface area is 123 Å². The van der Waals surface area contributed by atoms with Gasteiger partial charge in [-0.3, -0.25) is 4.90 Å². The van der Waals surface area contributed by atoms with Crippen LogP contribution in [0.15, 0.2) is 18.3 Å². The number of hydrogen-bond acceptors (Lipinski definition) is 3. The standard InChI is InChI=1S/C17H27N3/c1-14(2)13-20-12-6-8-16(20)15-7-5-9-18-17(15)19-10-3-4-11-19/h5,7,9,14,16H,3-4,6,8,10-13H2,1-2H3/t16-/m0/s1. The van der Waals surface area contributed by atoms with Crippen LogP contribution in [0.5, 0.6) is 0 Å². The van der Waals surface area contributed by atoms with Crippen LogP contribution in [-0.4, -0.2) is 36.1 Å². The van der Waals surface area contributed by atoms with E-state index in [1.807, 2.05) is 6.20 Å². The molecule has 110 valence electrons. The minimum absolute atomic E-state index is 0.585. The number of rotatable bonds is 4. The summed E-state index contributed by atoms with van der Waals surface area (Å²) in [4.78, 5) is 9.87. The molecular weight excluding hydrogens is 246 g/mol. The fourth-order valence-electron chi connectivity index (χ4n) is 3.73. The molecule has 0 aromatic carbocycles. The third kappa shape index (κ3) is 2.83. The molecule has 0 radical (unpaired) electrons. The summed E-state index contributed by atoms with van der Waals surface area (Å²) in [6, 6.07) is 5.01. The quantitative estimate of drug-likeness (QED) is 0.837. The lowest BCUT2D eigenvalue weighted by atomic mass is 10.0. The number of likely N-dealkylation sites (tertiary alicyclic amines) is 1. The Bertz CT molecular complexity index is 438. The van der Waals surface area contributed by atoms with E-state index in [1.54, 1.807) is 0 Å². The van der Waals surface area contributed by atoms with Gasteiger partial charge in [-0.05, 0) is 44.2 Å². The van der Waals surface area contributed by atoms with Crippen LogP contribution in [0.25, 0.3) is 0 Å². The fourth-order valence-corrected chi connectivity index (χ4v) is 3.73. The maximum absolute atomic E-state index is 4.72. The van der Waals surface area contributed by atoms with Gasteiger partial charge in [0.25, 0.3) is 0 Å². The number of anilines is 1. The van der Waals surface area contributed by atoms with E-state index in [1.165, 1.54) is 63.2 Å². The monoisotopic (exact) mass is 273 g/mol. The van der Waals surface area contributed by atoms with E-state index >= 15 is 0 Å². The highest BCUT2D eigenvalue weighted by Crippen LogP contribution is 2.37. The zero-order chi connectivity index (χ0) is 13.9. The molecule has 0 N–H and O–H groups in total. The third-order valence-electron chi connectivity index (χ3n) is 4.54. The molecule has 2 saturated heterocycles. The highest BCUT2D eigenvalue weighted by molar-refractivity contribution is 5.49. The molecular formula is C17H27N3. The van der Waals surface area contributed by atoms with Crippen LogP contribution in [0.3, 0.4) is 0 Å². The maximum Gasteiger partial charge on any atom is 0.133 e. The van der Waals surface area contributed by atoms with Crippen LogP contribution in [0.2, 0.25) is 0 Å². The van der Waals surface area contributed by atoms with E-state index in [2.05, 4.69) is 35.8 Å². The van der Waals surface area contributed by atoms with Gasteiger partial charge >= 0.3 is 0 Å². The van der Waals surface area contributed by atoms with Gasteiger partial charge < -0.3 is 4.90 Å². The van der Waals surface area contributed by atoms with E-state index in [4.69, 9.17) is 4.98 Å². The highest BCUT2D eigenvalue weighted by Gasteiger charge is 2.30. The summed E-state index contributed by atoms with van der Waals surface area (Å²) < 4.78 is 0. The first-order valence-electron chi connectivity index (χ1n) is 8.19. The predicted molar refractivity (Wildman–Crippen MR) is 84.1 cm³/mol. The highest BCUT2D eigenvalue weighted by atomic mass is 15.2. The molecule has 1 atom stereocenters. The van der Waals surface area contributed by atoms with E-state index in [9.17, 15) is 0 Å². The molecule has 2 aliphatic rings. The average Bonchev–Trinajstić information content (AvgIpc) is 3.09. The van der Waals surface area contributed by atoms with Crippen molar-refractivity contribution in [2.24, 2.45) is 5.92 Å². The summed E-state index contributed by atoms with van der Waals surface area (Å²) >= 11 is 0. The molecule has 1 aromatic rings. The molecule has 0 unspecified atom stereocenters. The zero-order valence-electron chi connectivity index (χ0n) is 12.9. The van der Waals surface area contributed by atoms with E-state index in [0.717, 1.165) is 5.92 Å². The van der Waals surface area contributed by atoms with Crippen LogP contribution in [0, 0.1) is 5.92 Å². The number of aromatic nitrogens is 1.